The standard InChI is InChI=1S/C13H10Br2N2O/c14-8-5-6-11(16)9(7-8)13(18)17-12-4-2-1-3-10(12)15/h1-7H,16H2,(H,17,18). The molecular formula is C13H10Br2N2O. The maximum atomic E-state index is 12.1. The lowest BCUT2D eigenvalue weighted by molar-refractivity contribution is 0.102. The Morgan fingerprint density at radius 1 is 1.11 bits per heavy atom. The van der Waals surface area contributed by atoms with Gasteiger partial charge >= 0.3 is 0 Å². The Hall–Kier alpha value is -1.33. The Morgan fingerprint density at radius 2 is 1.83 bits per heavy atom. The minimum Gasteiger partial charge on any atom is -0.398 e. The van der Waals surface area contributed by atoms with Crippen LogP contribution < -0.4 is 11.1 Å². The SMILES string of the molecule is Nc1ccc(Br)cc1C(=O)Nc1ccccc1Br. The third-order valence-corrected chi connectivity index (χ3v) is 3.57. The first-order valence-electron chi connectivity index (χ1n) is 5.19. The van der Waals surface area contributed by atoms with Crippen LogP contribution in [0.4, 0.5) is 11.4 Å². The molecule has 0 heterocycles. The third kappa shape index (κ3) is 2.91. The second-order valence-electron chi connectivity index (χ2n) is 3.67. The molecule has 18 heavy (non-hydrogen) atoms. The fraction of sp³-hybridized carbons (Fsp3) is 0. The van der Waals surface area contributed by atoms with E-state index in [-0.39, 0.29) is 5.91 Å². The lowest BCUT2D eigenvalue weighted by Crippen LogP contribution is -2.14. The maximum absolute atomic E-state index is 12.1. The van der Waals surface area contributed by atoms with Gasteiger partial charge in [0.2, 0.25) is 0 Å². The lowest BCUT2D eigenvalue weighted by atomic mass is 10.1. The molecule has 3 nitrogen and oxygen atoms in total. The van der Waals surface area contributed by atoms with Gasteiger partial charge in [-0.25, -0.2) is 0 Å². The smallest absolute Gasteiger partial charge is 0.257 e. The Bertz CT molecular complexity index is 599. The largest absolute Gasteiger partial charge is 0.398 e. The molecule has 0 saturated heterocycles. The van der Waals surface area contributed by atoms with Gasteiger partial charge in [0.1, 0.15) is 0 Å². The number of carbonyl (C=O) groups excluding carboxylic acids is 1. The van der Waals surface area contributed by atoms with Gasteiger partial charge in [-0.3, -0.25) is 4.79 Å². The Morgan fingerprint density at radius 3 is 2.56 bits per heavy atom. The van der Waals surface area contributed by atoms with Gasteiger partial charge in [0.25, 0.3) is 5.91 Å². The molecular weight excluding hydrogens is 360 g/mol. The molecule has 0 fully saturated rings. The Labute approximate surface area is 122 Å². The topological polar surface area (TPSA) is 55.1 Å². The predicted octanol–water partition coefficient (Wildman–Crippen LogP) is 4.05. The second-order valence-corrected chi connectivity index (χ2v) is 5.44. The molecule has 0 aliphatic rings. The quantitative estimate of drug-likeness (QED) is 0.784. The monoisotopic (exact) mass is 368 g/mol. The maximum Gasteiger partial charge on any atom is 0.257 e. The van der Waals surface area contributed by atoms with Crippen LogP contribution in [0.1, 0.15) is 10.4 Å². The Kier molecular flexibility index (Phi) is 4.04. The van der Waals surface area contributed by atoms with E-state index in [1.54, 1.807) is 18.2 Å². The highest BCUT2D eigenvalue weighted by molar-refractivity contribution is 9.10. The average Bonchev–Trinajstić information content (AvgIpc) is 2.35. The number of nitrogen functional groups attached to an aromatic ring is 1. The number of para-hydroxylation sites is 1. The van der Waals surface area contributed by atoms with E-state index >= 15 is 0 Å². The molecule has 3 N–H and O–H groups in total. The minimum atomic E-state index is -0.235. The number of rotatable bonds is 2. The number of hydrogen-bond donors (Lipinski definition) is 2. The highest BCUT2D eigenvalue weighted by Crippen LogP contribution is 2.24. The summed E-state index contributed by atoms with van der Waals surface area (Å²) in [7, 11) is 0. The molecule has 92 valence electrons. The number of anilines is 2. The highest BCUT2D eigenvalue weighted by atomic mass is 79.9. The van der Waals surface area contributed by atoms with Crippen molar-refractivity contribution < 1.29 is 4.79 Å². The van der Waals surface area contributed by atoms with Crippen molar-refractivity contribution in [2.45, 2.75) is 0 Å². The van der Waals surface area contributed by atoms with Crippen LogP contribution in [0.5, 0.6) is 0 Å². The van der Waals surface area contributed by atoms with Crippen molar-refractivity contribution in [1.82, 2.24) is 0 Å². The van der Waals surface area contributed by atoms with Gasteiger partial charge < -0.3 is 11.1 Å². The van der Waals surface area contributed by atoms with Crippen LogP contribution >= 0.6 is 31.9 Å². The number of carbonyl (C=O) groups is 1. The summed E-state index contributed by atoms with van der Waals surface area (Å²) in [5.74, 6) is -0.235. The average molecular weight is 370 g/mol. The molecule has 0 spiro atoms. The molecule has 5 heteroatoms. The molecule has 0 aliphatic heterocycles. The van der Waals surface area contributed by atoms with Gasteiger partial charge in [0, 0.05) is 14.6 Å². The normalized spacial score (nSPS) is 10.1. The summed E-state index contributed by atoms with van der Waals surface area (Å²) in [6, 6.07) is 12.6. The van der Waals surface area contributed by atoms with E-state index in [4.69, 9.17) is 5.73 Å². The van der Waals surface area contributed by atoms with Crippen molar-refractivity contribution in [3.8, 4) is 0 Å². The Balaban J connectivity index is 2.28. The fourth-order valence-corrected chi connectivity index (χ4v) is 2.22. The third-order valence-electron chi connectivity index (χ3n) is 2.38. The molecule has 0 radical (unpaired) electrons. The summed E-state index contributed by atoms with van der Waals surface area (Å²) in [6.07, 6.45) is 0. The zero-order valence-electron chi connectivity index (χ0n) is 9.28. The number of halogens is 2. The number of amides is 1. The van der Waals surface area contributed by atoms with E-state index in [0.29, 0.717) is 16.9 Å². The molecule has 0 saturated carbocycles. The summed E-state index contributed by atoms with van der Waals surface area (Å²) in [5.41, 5.74) is 7.39. The van der Waals surface area contributed by atoms with Crippen molar-refractivity contribution in [2.24, 2.45) is 0 Å². The van der Waals surface area contributed by atoms with E-state index in [1.807, 2.05) is 24.3 Å². The zero-order chi connectivity index (χ0) is 13.1. The summed E-state index contributed by atoms with van der Waals surface area (Å²) in [6.45, 7) is 0. The van der Waals surface area contributed by atoms with Gasteiger partial charge in [-0.05, 0) is 46.3 Å². The van der Waals surface area contributed by atoms with E-state index in [9.17, 15) is 4.79 Å². The zero-order valence-corrected chi connectivity index (χ0v) is 12.5. The van der Waals surface area contributed by atoms with Crippen LogP contribution in [0, 0.1) is 0 Å². The van der Waals surface area contributed by atoms with E-state index in [2.05, 4.69) is 37.2 Å². The van der Waals surface area contributed by atoms with E-state index < -0.39 is 0 Å². The molecule has 2 aromatic rings. The summed E-state index contributed by atoms with van der Waals surface area (Å²) < 4.78 is 1.64. The predicted molar refractivity (Wildman–Crippen MR) is 80.6 cm³/mol. The first-order chi connectivity index (χ1) is 8.58. The fourth-order valence-electron chi connectivity index (χ4n) is 1.48. The van der Waals surface area contributed by atoms with Crippen LogP contribution in [0.2, 0.25) is 0 Å². The van der Waals surface area contributed by atoms with Gasteiger partial charge in [-0.2, -0.15) is 0 Å². The summed E-state index contributed by atoms with van der Waals surface area (Å²) >= 11 is 6.69. The molecule has 0 aromatic heterocycles. The van der Waals surface area contributed by atoms with Crippen molar-refractivity contribution in [1.29, 1.82) is 0 Å². The number of nitrogens with two attached hydrogens (primary N) is 1. The second kappa shape index (κ2) is 5.54. The summed E-state index contributed by atoms with van der Waals surface area (Å²) in [5, 5.41) is 2.81. The molecule has 1 amide bonds. The van der Waals surface area contributed by atoms with Gasteiger partial charge in [-0.15, -0.1) is 0 Å². The number of hydrogen-bond acceptors (Lipinski definition) is 2. The number of nitrogens with one attached hydrogen (secondary N) is 1. The first-order valence-corrected chi connectivity index (χ1v) is 6.77. The minimum absolute atomic E-state index is 0.235. The highest BCUT2D eigenvalue weighted by Gasteiger charge is 2.11. The molecule has 0 atom stereocenters. The van der Waals surface area contributed by atoms with Crippen LogP contribution in [-0.2, 0) is 0 Å². The van der Waals surface area contributed by atoms with Crippen LogP contribution in [0.15, 0.2) is 51.4 Å². The van der Waals surface area contributed by atoms with Crippen molar-refractivity contribution >= 4 is 49.1 Å². The van der Waals surface area contributed by atoms with Gasteiger partial charge in [0.15, 0.2) is 0 Å². The molecule has 0 aliphatic carbocycles. The first kappa shape index (κ1) is 13.1. The van der Waals surface area contributed by atoms with Crippen LogP contribution in [-0.4, -0.2) is 5.91 Å². The van der Waals surface area contributed by atoms with Crippen LogP contribution in [0.3, 0.4) is 0 Å². The number of benzene rings is 2. The molecule has 0 unspecified atom stereocenters. The van der Waals surface area contributed by atoms with Crippen molar-refractivity contribution in [3.63, 3.8) is 0 Å². The molecule has 2 rings (SSSR count). The van der Waals surface area contributed by atoms with E-state index in [0.717, 1.165) is 8.95 Å². The van der Waals surface area contributed by atoms with Crippen LogP contribution in [0.25, 0.3) is 0 Å². The van der Waals surface area contributed by atoms with E-state index in [1.165, 1.54) is 0 Å². The van der Waals surface area contributed by atoms with Gasteiger partial charge in [0.05, 0.1) is 11.3 Å². The summed E-state index contributed by atoms with van der Waals surface area (Å²) in [4.78, 5) is 12.1. The molecule has 2 aromatic carbocycles. The van der Waals surface area contributed by atoms with Gasteiger partial charge in [-0.1, -0.05) is 28.1 Å². The van der Waals surface area contributed by atoms with Crippen molar-refractivity contribution in [3.05, 3.63) is 57.0 Å². The lowest BCUT2D eigenvalue weighted by Gasteiger charge is -2.09. The molecule has 0 bridgehead atoms. The van der Waals surface area contributed by atoms with Crippen molar-refractivity contribution in [2.75, 3.05) is 11.1 Å².